The molecular formula is C22H23F3N4O2. The van der Waals surface area contributed by atoms with Crippen molar-refractivity contribution in [1.82, 2.24) is 15.3 Å². The molecule has 3 aromatic rings. The lowest BCUT2D eigenvalue weighted by atomic mass is 9.85. The third-order valence-electron chi connectivity index (χ3n) is 5.45. The molecule has 0 unspecified atom stereocenters. The number of carbonyl (C=O) groups excluding carboxylic acids is 1. The molecule has 164 valence electrons. The molecular weight excluding hydrogens is 409 g/mol. The van der Waals surface area contributed by atoms with Crippen LogP contribution in [0.5, 0.6) is 5.75 Å². The molecule has 1 heterocycles. The molecule has 0 atom stereocenters. The predicted molar refractivity (Wildman–Crippen MR) is 110 cm³/mol. The molecule has 31 heavy (non-hydrogen) atoms. The quantitative estimate of drug-likeness (QED) is 0.525. The molecule has 4 rings (SSSR count). The van der Waals surface area contributed by atoms with E-state index in [-0.39, 0.29) is 30.2 Å². The minimum atomic E-state index is -4.71. The van der Waals surface area contributed by atoms with Crippen molar-refractivity contribution in [2.24, 2.45) is 5.92 Å². The molecule has 0 bridgehead atoms. The number of halogens is 3. The van der Waals surface area contributed by atoms with Crippen LogP contribution < -0.4 is 15.4 Å². The summed E-state index contributed by atoms with van der Waals surface area (Å²) in [5.41, 5.74) is 2.61. The monoisotopic (exact) mass is 432 g/mol. The number of aromatic nitrogens is 2. The summed E-state index contributed by atoms with van der Waals surface area (Å²) in [5, 5.41) is 6.30. The lowest BCUT2D eigenvalue weighted by molar-refractivity contribution is -0.274. The van der Waals surface area contributed by atoms with Crippen molar-refractivity contribution in [3.8, 4) is 5.75 Å². The van der Waals surface area contributed by atoms with E-state index in [2.05, 4.69) is 25.3 Å². The number of H-pyrrole nitrogens is 1. The van der Waals surface area contributed by atoms with Crippen LogP contribution in [-0.2, 0) is 11.3 Å². The molecule has 1 aromatic heterocycles. The zero-order valence-corrected chi connectivity index (χ0v) is 16.7. The summed E-state index contributed by atoms with van der Waals surface area (Å²) < 4.78 is 40.5. The van der Waals surface area contributed by atoms with Crippen molar-refractivity contribution in [1.29, 1.82) is 0 Å². The van der Waals surface area contributed by atoms with Crippen LogP contribution in [0.15, 0.2) is 48.5 Å². The number of alkyl halides is 3. The Morgan fingerprint density at radius 1 is 1.06 bits per heavy atom. The van der Waals surface area contributed by atoms with E-state index in [4.69, 9.17) is 0 Å². The number of hydrogen-bond donors (Lipinski definition) is 3. The smallest absolute Gasteiger partial charge is 0.406 e. The van der Waals surface area contributed by atoms with E-state index < -0.39 is 6.36 Å². The fourth-order valence-corrected chi connectivity index (χ4v) is 3.86. The van der Waals surface area contributed by atoms with E-state index in [0.717, 1.165) is 42.7 Å². The van der Waals surface area contributed by atoms with Gasteiger partial charge in [0.2, 0.25) is 11.9 Å². The first-order valence-corrected chi connectivity index (χ1v) is 10.2. The Labute approximate surface area is 177 Å². The standard InChI is InChI=1S/C22H23F3N4O2/c23-22(24,25)31-17-11-5-14(6-12-17)13-26-20(30)15-7-9-16(10-8-15)27-21-28-18-3-1-2-4-19(18)29-21/h1-6,11-12,15-16H,7-10,13H2,(H,26,30)(H2,27,28,29). The van der Waals surface area contributed by atoms with Gasteiger partial charge >= 0.3 is 6.36 Å². The Balaban J connectivity index is 1.22. The van der Waals surface area contributed by atoms with Gasteiger partial charge < -0.3 is 20.4 Å². The molecule has 6 nitrogen and oxygen atoms in total. The number of para-hydroxylation sites is 2. The third-order valence-corrected chi connectivity index (χ3v) is 5.45. The molecule has 1 fully saturated rings. The van der Waals surface area contributed by atoms with Crippen LogP contribution in [0.25, 0.3) is 11.0 Å². The molecule has 0 spiro atoms. The van der Waals surface area contributed by atoms with E-state index in [1.807, 2.05) is 24.3 Å². The highest BCUT2D eigenvalue weighted by atomic mass is 19.4. The number of nitrogens with zero attached hydrogens (tertiary/aromatic N) is 1. The number of imidazole rings is 1. The fraction of sp³-hybridized carbons (Fsp3) is 0.364. The topological polar surface area (TPSA) is 79.0 Å². The highest BCUT2D eigenvalue weighted by Crippen LogP contribution is 2.27. The van der Waals surface area contributed by atoms with Crippen LogP contribution in [-0.4, -0.2) is 28.3 Å². The number of benzene rings is 2. The fourth-order valence-electron chi connectivity index (χ4n) is 3.86. The summed E-state index contributed by atoms with van der Waals surface area (Å²) in [6.07, 6.45) is -1.46. The Bertz CT molecular complexity index is 992. The van der Waals surface area contributed by atoms with Crippen LogP contribution in [0, 0.1) is 5.92 Å². The van der Waals surface area contributed by atoms with Gasteiger partial charge in [0.1, 0.15) is 5.75 Å². The number of hydrogen-bond acceptors (Lipinski definition) is 4. The Kier molecular flexibility index (Phi) is 6.01. The molecule has 1 aliphatic rings. The maximum Gasteiger partial charge on any atom is 0.573 e. The predicted octanol–water partition coefficient (Wildman–Crippen LogP) is 4.75. The average molecular weight is 432 g/mol. The van der Waals surface area contributed by atoms with Gasteiger partial charge in [0.15, 0.2) is 0 Å². The molecule has 0 radical (unpaired) electrons. The van der Waals surface area contributed by atoms with Crippen LogP contribution in [0.2, 0.25) is 0 Å². The van der Waals surface area contributed by atoms with Gasteiger partial charge in [-0.25, -0.2) is 4.98 Å². The molecule has 2 aromatic carbocycles. The maximum atomic E-state index is 12.5. The van der Waals surface area contributed by atoms with E-state index in [1.165, 1.54) is 24.3 Å². The summed E-state index contributed by atoms with van der Waals surface area (Å²) in [4.78, 5) is 20.3. The molecule has 3 N–H and O–H groups in total. The Morgan fingerprint density at radius 2 is 1.77 bits per heavy atom. The van der Waals surface area contributed by atoms with Crippen molar-refractivity contribution in [2.45, 2.75) is 44.6 Å². The molecule has 0 saturated heterocycles. The van der Waals surface area contributed by atoms with E-state index >= 15 is 0 Å². The van der Waals surface area contributed by atoms with Crippen LogP contribution in [0.3, 0.4) is 0 Å². The Morgan fingerprint density at radius 3 is 2.45 bits per heavy atom. The first-order valence-electron chi connectivity index (χ1n) is 10.2. The SMILES string of the molecule is O=C(NCc1ccc(OC(F)(F)F)cc1)C1CCC(Nc2nc3ccccc3[nH]2)CC1. The van der Waals surface area contributed by atoms with Gasteiger partial charge in [0.25, 0.3) is 0 Å². The minimum Gasteiger partial charge on any atom is -0.406 e. The van der Waals surface area contributed by atoms with Crippen molar-refractivity contribution in [3.05, 3.63) is 54.1 Å². The van der Waals surface area contributed by atoms with Crippen molar-refractivity contribution >= 4 is 22.9 Å². The van der Waals surface area contributed by atoms with E-state index in [9.17, 15) is 18.0 Å². The van der Waals surface area contributed by atoms with Crippen LogP contribution >= 0.6 is 0 Å². The van der Waals surface area contributed by atoms with E-state index in [1.54, 1.807) is 0 Å². The second kappa shape index (κ2) is 8.87. The largest absolute Gasteiger partial charge is 0.573 e. The van der Waals surface area contributed by atoms with Gasteiger partial charge in [-0.05, 0) is 55.5 Å². The van der Waals surface area contributed by atoms with Gasteiger partial charge in [-0.15, -0.1) is 13.2 Å². The first kappa shape index (κ1) is 21.0. The highest BCUT2D eigenvalue weighted by molar-refractivity contribution is 5.79. The number of aromatic amines is 1. The summed E-state index contributed by atoms with van der Waals surface area (Å²) in [7, 11) is 0. The number of anilines is 1. The summed E-state index contributed by atoms with van der Waals surface area (Å²) in [6, 6.07) is 13.6. The van der Waals surface area contributed by atoms with Gasteiger partial charge in [0, 0.05) is 18.5 Å². The number of rotatable bonds is 6. The number of amides is 1. The second-order valence-electron chi connectivity index (χ2n) is 7.71. The summed E-state index contributed by atoms with van der Waals surface area (Å²) >= 11 is 0. The van der Waals surface area contributed by atoms with Crippen molar-refractivity contribution < 1.29 is 22.7 Å². The van der Waals surface area contributed by atoms with Crippen LogP contribution in [0.4, 0.5) is 19.1 Å². The number of carbonyl (C=O) groups is 1. The first-order chi connectivity index (χ1) is 14.9. The van der Waals surface area contributed by atoms with E-state index in [0.29, 0.717) is 5.56 Å². The highest BCUT2D eigenvalue weighted by Gasteiger charge is 2.31. The summed E-state index contributed by atoms with van der Waals surface area (Å²) in [5.74, 6) is 0.365. The van der Waals surface area contributed by atoms with Crippen LogP contribution in [0.1, 0.15) is 31.2 Å². The van der Waals surface area contributed by atoms with Gasteiger partial charge in [-0.3, -0.25) is 4.79 Å². The third kappa shape index (κ3) is 5.68. The molecule has 1 amide bonds. The second-order valence-corrected chi connectivity index (χ2v) is 7.71. The van der Waals surface area contributed by atoms with Crippen molar-refractivity contribution in [3.63, 3.8) is 0 Å². The average Bonchev–Trinajstić information content (AvgIpc) is 3.15. The number of fused-ring (bicyclic) bond motifs is 1. The Hall–Kier alpha value is -3.23. The minimum absolute atomic E-state index is 0.0298. The molecule has 0 aliphatic heterocycles. The zero-order valence-electron chi connectivity index (χ0n) is 16.7. The van der Waals surface area contributed by atoms with Gasteiger partial charge in [-0.2, -0.15) is 0 Å². The molecule has 9 heteroatoms. The lowest BCUT2D eigenvalue weighted by Crippen LogP contribution is -2.35. The van der Waals surface area contributed by atoms with Gasteiger partial charge in [0.05, 0.1) is 11.0 Å². The normalized spacial score (nSPS) is 19.2. The zero-order chi connectivity index (χ0) is 21.8. The lowest BCUT2D eigenvalue weighted by Gasteiger charge is -2.28. The summed E-state index contributed by atoms with van der Waals surface area (Å²) in [6.45, 7) is 0.266. The number of nitrogens with one attached hydrogen (secondary N) is 3. The maximum absolute atomic E-state index is 12.5. The molecule has 1 saturated carbocycles. The van der Waals surface area contributed by atoms with Crippen molar-refractivity contribution in [2.75, 3.05) is 5.32 Å². The number of ether oxygens (including phenoxy) is 1. The molecule has 1 aliphatic carbocycles. The van der Waals surface area contributed by atoms with Gasteiger partial charge in [-0.1, -0.05) is 24.3 Å².